The molecule has 2 N–H and O–H groups in total. The van der Waals surface area contributed by atoms with E-state index in [2.05, 4.69) is 0 Å². The van der Waals surface area contributed by atoms with E-state index in [0.717, 1.165) is 11.1 Å². The van der Waals surface area contributed by atoms with Crippen LogP contribution in [0.1, 0.15) is 24.5 Å². The fourth-order valence-corrected chi connectivity index (χ4v) is 2.27. The number of benzene rings is 1. The minimum atomic E-state index is -0.226. The molecule has 0 radical (unpaired) electrons. The van der Waals surface area contributed by atoms with Crippen molar-refractivity contribution in [2.45, 2.75) is 26.4 Å². The second kappa shape index (κ2) is 5.40. The number of hydrogen-bond donors (Lipinski definition) is 1. The van der Waals surface area contributed by atoms with E-state index in [1.807, 2.05) is 18.2 Å². The number of methoxy groups -OCH3 is 1. The van der Waals surface area contributed by atoms with Gasteiger partial charge in [0.25, 0.3) is 0 Å². The molecule has 0 aromatic heterocycles. The summed E-state index contributed by atoms with van der Waals surface area (Å²) in [5.74, 6) is 0.191. The molecule has 102 valence electrons. The molecule has 1 atom stereocenters. The van der Waals surface area contributed by atoms with Crippen molar-refractivity contribution in [1.82, 2.24) is 4.90 Å². The van der Waals surface area contributed by atoms with Gasteiger partial charge in [0.15, 0.2) is 0 Å². The molecule has 1 aliphatic rings. The van der Waals surface area contributed by atoms with Crippen LogP contribution in [-0.2, 0) is 22.7 Å². The van der Waals surface area contributed by atoms with Crippen LogP contribution in [0, 0.1) is 5.92 Å². The molecule has 1 aromatic rings. The second-order valence-corrected chi connectivity index (χ2v) is 4.77. The Labute approximate surface area is 112 Å². The van der Waals surface area contributed by atoms with Gasteiger partial charge in [0.05, 0.1) is 13.7 Å². The summed E-state index contributed by atoms with van der Waals surface area (Å²) in [4.78, 5) is 25.0. The minimum absolute atomic E-state index is 0.120. The van der Waals surface area contributed by atoms with Gasteiger partial charge < -0.3 is 10.5 Å². The van der Waals surface area contributed by atoms with Gasteiger partial charge in [-0.1, -0.05) is 13.0 Å². The maximum atomic E-state index is 11.9. The summed E-state index contributed by atoms with van der Waals surface area (Å²) >= 11 is 0. The Bertz CT molecular complexity index is 513. The van der Waals surface area contributed by atoms with E-state index < -0.39 is 0 Å². The van der Waals surface area contributed by atoms with E-state index in [4.69, 9.17) is 10.5 Å². The molecular formula is C14H18N2O3. The molecule has 5 nitrogen and oxygen atoms in total. The number of hydrogen-bond acceptors (Lipinski definition) is 4. The summed E-state index contributed by atoms with van der Waals surface area (Å²) in [5, 5.41) is 0. The van der Waals surface area contributed by atoms with Crippen molar-refractivity contribution in [2.75, 3.05) is 7.11 Å². The minimum Gasteiger partial charge on any atom is -0.496 e. The first kappa shape index (κ1) is 13.5. The number of imide groups is 1. The summed E-state index contributed by atoms with van der Waals surface area (Å²) in [7, 11) is 1.57. The number of carbonyl (C=O) groups is 2. The zero-order chi connectivity index (χ0) is 14.0. The number of likely N-dealkylation sites (tertiary alicyclic amines) is 1. The van der Waals surface area contributed by atoms with Gasteiger partial charge in [-0.25, -0.2) is 0 Å². The van der Waals surface area contributed by atoms with E-state index >= 15 is 0 Å². The first-order valence-corrected chi connectivity index (χ1v) is 6.27. The lowest BCUT2D eigenvalue weighted by Gasteiger charge is -2.17. The molecule has 1 aromatic carbocycles. The zero-order valence-corrected chi connectivity index (χ0v) is 11.2. The standard InChI is InChI=1S/C14H18N2O3/c1-9-5-13(17)16(14(9)18)8-11-6-10(7-15)3-4-12(11)19-2/h3-4,6,9H,5,7-8,15H2,1-2H3. The van der Waals surface area contributed by atoms with Crippen molar-refractivity contribution < 1.29 is 14.3 Å². The molecule has 1 saturated heterocycles. The molecule has 0 spiro atoms. The lowest BCUT2D eigenvalue weighted by Crippen LogP contribution is -2.29. The molecular weight excluding hydrogens is 244 g/mol. The molecule has 2 amide bonds. The summed E-state index contributed by atoms with van der Waals surface area (Å²) in [6, 6.07) is 5.56. The van der Waals surface area contributed by atoms with Crippen molar-refractivity contribution >= 4 is 11.8 Å². The van der Waals surface area contributed by atoms with Crippen LogP contribution in [0.15, 0.2) is 18.2 Å². The average molecular weight is 262 g/mol. The molecule has 1 unspecified atom stereocenters. The summed E-state index contributed by atoms with van der Waals surface area (Å²) in [5.41, 5.74) is 7.36. The molecule has 19 heavy (non-hydrogen) atoms. The van der Waals surface area contributed by atoms with Gasteiger partial charge in [-0.2, -0.15) is 0 Å². The van der Waals surface area contributed by atoms with Crippen LogP contribution in [0.4, 0.5) is 0 Å². The largest absolute Gasteiger partial charge is 0.496 e. The van der Waals surface area contributed by atoms with Gasteiger partial charge in [0.1, 0.15) is 5.75 Å². The Hall–Kier alpha value is -1.88. The highest BCUT2D eigenvalue weighted by Gasteiger charge is 2.35. The van der Waals surface area contributed by atoms with Crippen molar-refractivity contribution in [3.63, 3.8) is 0 Å². The Balaban J connectivity index is 2.27. The van der Waals surface area contributed by atoms with Gasteiger partial charge in [-0.05, 0) is 17.7 Å². The lowest BCUT2D eigenvalue weighted by molar-refractivity contribution is -0.139. The SMILES string of the molecule is COc1ccc(CN)cc1CN1C(=O)CC(C)C1=O. The quantitative estimate of drug-likeness (QED) is 0.823. The Morgan fingerprint density at radius 1 is 1.42 bits per heavy atom. The molecule has 1 fully saturated rings. The maximum absolute atomic E-state index is 11.9. The molecule has 2 rings (SSSR count). The third-order valence-corrected chi connectivity index (χ3v) is 3.38. The Kier molecular flexibility index (Phi) is 3.85. The van der Waals surface area contributed by atoms with Crippen LogP contribution in [0.25, 0.3) is 0 Å². The topological polar surface area (TPSA) is 72.6 Å². The van der Waals surface area contributed by atoms with Crippen molar-refractivity contribution in [2.24, 2.45) is 11.7 Å². The van der Waals surface area contributed by atoms with E-state index in [0.29, 0.717) is 12.3 Å². The first-order chi connectivity index (χ1) is 9.06. The normalized spacial score (nSPS) is 19.1. The van der Waals surface area contributed by atoms with Crippen LogP contribution >= 0.6 is 0 Å². The highest BCUT2D eigenvalue weighted by Crippen LogP contribution is 2.26. The third-order valence-electron chi connectivity index (χ3n) is 3.38. The molecule has 0 bridgehead atoms. The van der Waals surface area contributed by atoms with Crippen molar-refractivity contribution in [1.29, 1.82) is 0 Å². The number of carbonyl (C=O) groups excluding carboxylic acids is 2. The van der Waals surface area contributed by atoms with Gasteiger partial charge in [-0.15, -0.1) is 0 Å². The number of ether oxygens (including phenoxy) is 1. The number of amides is 2. The van der Waals surface area contributed by atoms with Gasteiger partial charge in [0.2, 0.25) is 11.8 Å². The number of nitrogens with zero attached hydrogens (tertiary/aromatic N) is 1. The van der Waals surface area contributed by atoms with Crippen LogP contribution in [0.2, 0.25) is 0 Å². The fourth-order valence-electron chi connectivity index (χ4n) is 2.27. The second-order valence-electron chi connectivity index (χ2n) is 4.77. The fraction of sp³-hybridized carbons (Fsp3) is 0.429. The van der Waals surface area contributed by atoms with E-state index in [9.17, 15) is 9.59 Å². The van der Waals surface area contributed by atoms with Gasteiger partial charge >= 0.3 is 0 Å². The summed E-state index contributed by atoms with van der Waals surface area (Å²) in [6.45, 7) is 2.43. The van der Waals surface area contributed by atoms with E-state index in [-0.39, 0.29) is 30.7 Å². The van der Waals surface area contributed by atoms with Gasteiger partial charge in [-0.3, -0.25) is 14.5 Å². The average Bonchev–Trinajstić information content (AvgIpc) is 2.65. The van der Waals surface area contributed by atoms with Crippen molar-refractivity contribution in [3.05, 3.63) is 29.3 Å². The number of nitrogens with two attached hydrogens (primary N) is 1. The predicted molar refractivity (Wildman–Crippen MR) is 70.2 cm³/mol. The highest BCUT2D eigenvalue weighted by atomic mass is 16.5. The molecule has 1 heterocycles. The molecule has 0 saturated carbocycles. The van der Waals surface area contributed by atoms with Crippen LogP contribution in [0.3, 0.4) is 0 Å². The molecule has 1 aliphatic heterocycles. The van der Waals surface area contributed by atoms with E-state index in [1.165, 1.54) is 4.90 Å². The van der Waals surface area contributed by atoms with E-state index in [1.54, 1.807) is 14.0 Å². The Morgan fingerprint density at radius 2 is 2.16 bits per heavy atom. The number of rotatable bonds is 4. The lowest BCUT2D eigenvalue weighted by atomic mass is 10.1. The third kappa shape index (κ3) is 2.61. The summed E-state index contributed by atoms with van der Waals surface area (Å²) < 4.78 is 5.26. The summed E-state index contributed by atoms with van der Waals surface area (Å²) in [6.07, 6.45) is 0.289. The van der Waals surface area contributed by atoms with Crippen molar-refractivity contribution in [3.8, 4) is 5.75 Å². The predicted octanol–water partition coefficient (Wildman–Crippen LogP) is 1.05. The van der Waals surface area contributed by atoms with Crippen LogP contribution < -0.4 is 10.5 Å². The zero-order valence-electron chi connectivity index (χ0n) is 11.2. The Morgan fingerprint density at radius 3 is 2.68 bits per heavy atom. The highest BCUT2D eigenvalue weighted by molar-refractivity contribution is 6.03. The maximum Gasteiger partial charge on any atom is 0.232 e. The molecule has 5 heteroatoms. The van der Waals surface area contributed by atoms with Gasteiger partial charge in [0, 0.05) is 24.4 Å². The first-order valence-electron chi connectivity index (χ1n) is 6.27. The van der Waals surface area contributed by atoms with Crippen LogP contribution in [0.5, 0.6) is 5.75 Å². The smallest absolute Gasteiger partial charge is 0.232 e. The molecule has 0 aliphatic carbocycles. The van der Waals surface area contributed by atoms with Crippen LogP contribution in [-0.4, -0.2) is 23.8 Å². The monoisotopic (exact) mass is 262 g/mol.